The Kier molecular flexibility index (Phi) is 8.63. The summed E-state index contributed by atoms with van der Waals surface area (Å²) < 4.78 is 89.8. The van der Waals surface area contributed by atoms with Gasteiger partial charge in [0.05, 0.1) is 24.3 Å². The first-order valence-corrected chi connectivity index (χ1v) is 12.7. The summed E-state index contributed by atoms with van der Waals surface area (Å²) in [5.41, 5.74) is -4.49. The molecule has 2 aliphatic rings. The van der Waals surface area contributed by atoms with Crippen molar-refractivity contribution < 1.29 is 45.5 Å². The van der Waals surface area contributed by atoms with E-state index in [-0.39, 0.29) is 50.0 Å². The standard InChI is InChI=1S/C25H22F6N4O4S/c26-24(27,28)20-15(5-7-19(36)34-10-12-39-13-11-34)4-6-18(21(20)25(29,30)31)40-17-3-1-2-16(14-17)33-23(38)35-9-8-32-22(35)37/h1-7,14H,8-13H2,(H,32,37)(H,33,38). The van der Waals surface area contributed by atoms with Gasteiger partial charge < -0.3 is 20.3 Å². The van der Waals surface area contributed by atoms with Crippen LogP contribution in [0.1, 0.15) is 16.7 Å². The highest BCUT2D eigenvalue weighted by Crippen LogP contribution is 2.48. The highest BCUT2D eigenvalue weighted by atomic mass is 32.2. The van der Waals surface area contributed by atoms with E-state index < -0.39 is 51.9 Å². The maximum Gasteiger partial charge on any atom is 0.418 e. The molecule has 2 heterocycles. The van der Waals surface area contributed by atoms with Crippen LogP contribution in [0.25, 0.3) is 6.08 Å². The van der Waals surface area contributed by atoms with Crippen molar-refractivity contribution in [2.24, 2.45) is 0 Å². The molecule has 8 nitrogen and oxygen atoms in total. The van der Waals surface area contributed by atoms with Gasteiger partial charge in [-0.1, -0.05) is 23.9 Å². The topological polar surface area (TPSA) is 91.0 Å². The van der Waals surface area contributed by atoms with Gasteiger partial charge in [-0.25, -0.2) is 14.5 Å². The van der Waals surface area contributed by atoms with Crippen molar-refractivity contribution in [3.05, 3.63) is 59.2 Å². The molecule has 2 aromatic carbocycles. The Balaban J connectivity index is 1.65. The number of anilines is 1. The van der Waals surface area contributed by atoms with Gasteiger partial charge in [-0.2, -0.15) is 26.3 Å². The first-order valence-electron chi connectivity index (χ1n) is 11.8. The monoisotopic (exact) mass is 588 g/mol. The third kappa shape index (κ3) is 6.88. The molecule has 2 N–H and O–H groups in total. The molecular weight excluding hydrogens is 566 g/mol. The summed E-state index contributed by atoms with van der Waals surface area (Å²) in [5, 5.41) is 4.89. The molecule has 0 saturated carbocycles. The van der Waals surface area contributed by atoms with E-state index in [2.05, 4.69) is 10.6 Å². The minimum Gasteiger partial charge on any atom is -0.378 e. The summed E-state index contributed by atoms with van der Waals surface area (Å²) in [7, 11) is 0. The number of benzene rings is 2. The van der Waals surface area contributed by atoms with Crippen molar-refractivity contribution in [1.82, 2.24) is 15.1 Å². The molecule has 40 heavy (non-hydrogen) atoms. The van der Waals surface area contributed by atoms with Crippen LogP contribution in [0.4, 0.5) is 41.6 Å². The van der Waals surface area contributed by atoms with Crippen molar-refractivity contribution in [3.8, 4) is 0 Å². The lowest BCUT2D eigenvalue weighted by molar-refractivity contribution is -0.163. The zero-order valence-electron chi connectivity index (χ0n) is 20.6. The second-order valence-corrected chi connectivity index (χ2v) is 9.73. The van der Waals surface area contributed by atoms with Gasteiger partial charge in [0.2, 0.25) is 5.91 Å². The lowest BCUT2D eigenvalue weighted by Crippen LogP contribution is -2.39. The number of urea groups is 2. The van der Waals surface area contributed by atoms with Gasteiger partial charge in [-0.05, 0) is 35.9 Å². The number of carbonyl (C=O) groups is 3. The number of nitrogens with zero attached hydrogens (tertiary/aromatic N) is 2. The molecule has 0 atom stereocenters. The summed E-state index contributed by atoms with van der Waals surface area (Å²) in [6.45, 7) is 1.29. The average Bonchev–Trinajstić information content (AvgIpc) is 3.33. The number of morpholine rings is 1. The van der Waals surface area contributed by atoms with Crippen LogP contribution in [-0.2, 0) is 21.9 Å². The van der Waals surface area contributed by atoms with Gasteiger partial charge in [-0.3, -0.25) is 4.79 Å². The van der Waals surface area contributed by atoms with Crippen LogP contribution in [0.2, 0.25) is 0 Å². The number of hydrogen-bond donors (Lipinski definition) is 2. The highest BCUT2D eigenvalue weighted by Gasteiger charge is 2.46. The Morgan fingerprint density at radius 1 is 0.975 bits per heavy atom. The van der Waals surface area contributed by atoms with E-state index >= 15 is 0 Å². The highest BCUT2D eigenvalue weighted by molar-refractivity contribution is 7.99. The molecule has 0 aromatic heterocycles. The van der Waals surface area contributed by atoms with Crippen molar-refractivity contribution in [1.29, 1.82) is 0 Å². The van der Waals surface area contributed by atoms with Crippen molar-refractivity contribution >= 4 is 41.5 Å². The summed E-state index contributed by atoms with van der Waals surface area (Å²) in [5.74, 6) is -0.645. The second kappa shape index (κ2) is 11.8. The van der Waals surface area contributed by atoms with Gasteiger partial charge in [0.15, 0.2) is 0 Å². The van der Waals surface area contributed by atoms with E-state index in [9.17, 15) is 40.7 Å². The maximum absolute atomic E-state index is 14.1. The first-order chi connectivity index (χ1) is 18.8. The largest absolute Gasteiger partial charge is 0.418 e. The summed E-state index contributed by atoms with van der Waals surface area (Å²) in [6.07, 6.45) is -9.24. The van der Waals surface area contributed by atoms with Crippen LogP contribution in [0.15, 0.2) is 52.3 Å². The van der Waals surface area contributed by atoms with E-state index in [4.69, 9.17) is 4.74 Å². The molecule has 15 heteroatoms. The Morgan fingerprint density at radius 3 is 2.30 bits per heavy atom. The molecule has 2 saturated heterocycles. The fourth-order valence-corrected chi connectivity index (χ4v) is 5.12. The number of hydrogen-bond acceptors (Lipinski definition) is 5. The third-order valence-corrected chi connectivity index (χ3v) is 6.96. The van der Waals surface area contributed by atoms with Gasteiger partial charge in [0, 0.05) is 47.7 Å². The van der Waals surface area contributed by atoms with Crippen LogP contribution < -0.4 is 10.6 Å². The Morgan fingerprint density at radius 2 is 1.68 bits per heavy atom. The molecule has 2 fully saturated rings. The molecule has 0 unspecified atom stereocenters. The predicted molar refractivity (Wildman–Crippen MR) is 133 cm³/mol. The Labute approximate surface area is 228 Å². The zero-order valence-corrected chi connectivity index (χ0v) is 21.4. The SMILES string of the molecule is O=C(C=Cc1ccc(Sc2cccc(NC(=O)N3CCNC3=O)c2)c(C(F)(F)F)c1C(F)(F)F)N1CCOCC1. The molecule has 2 aliphatic heterocycles. The molecule has 0 radical (unpaired) electrons. The summed E-state index contributed by atoms with van der Waals surface area (Å²) in [6, 6.07) is 5.86. The summed E-state index contributed by atoms with van der Waals surface area (Å²) >= 11 is 0.424. The van der Waals surface area contributed by atoms with Crippen molar-refractivity contribution in [2.75, 3.05) is 44.7 Å². The number of imide groups is 1. The van der Waals surface area contributed by atoms with Gasteiger partial charge >= 0.3 is 24.4 Å². The van der Waals surface area contributed by atoms with Crippen LogP contribution in [0, 0.1) is 0 Å². The molecule has 0 spiro atoms. The number of nitrogens with one attached hydrogen (secondary N) is 2. The van der Waals surface area contributed by atoms with Crippen LogP contribution >= 0.6 is 11.8 Å². The fourth-order valence-electron chi connectivity index (χ4n) is 4.08. The average molecular weight is 589 g/mol. The zero-order chi connectivity index (χ0) is 29.1. The third-order valence-electron chi connectivity index (χ3n) is 5.91. The number of rotatable bonds is 5. The lowest BCUT2D eigenvalue weighted by atomic mass is 9.99. The van der Waals surface area contributed by atoms with E-state index in [1.807, 2.05) is 0 Å². The van der Waals surface area contributed by atoms with Gasteiger partial charge in [0.25, 0.3) is 0 Å². The van der Waals surface area contributed by atoms with Gasteiger partial charge in [-0.15, -0.1) is 0 Å². The number of alkyl halides is 6. The molecule has 4 rings (SSSR count). The Hall–Kier alpha value is -3.72. The van der Waals surface area contributed by atoms with E-state index in [0.717, 1.165) is 29.2 Å². The smallest absolute Gasteiger partial charge is 0.378 e. The molecule has 0 aliphatic carbocycles. The number of carbonyl (C=O) groups excluding carboxylic acids is 3. The first kappa shape index (κ1) is 29.3. The van der Waals surface area contributed by atoms with Crippen molar-refractivity contribution in [2.45, 2.75) is 22.1 Å². The lowest BCUT2D eigenvalue weighted by Gasteiger charge is -2.25. The minimum atomic E-state index is -5.39. The van der Waals surface area contributed by atoms with Crippen LogP contribution in [0.5, 0.6) is 0 Å². The second-order valence-electron chi connectivity index (χ2n) is 8.61. The number of ether oxygens (including phenoxy) is 1. The molecule has 5 amide bonds. The normalized spacial score (nSPS) is 16.4. The van der Waals surface area contributed by atoms with E-state index in [0.29, 0.717) is 11.8 Å². The quantitative estimate of drug-likeness (QED) is 0.365. The minimum absolute atomic E-state index is 0.105. The molecule has 0 bridgehead atoms. The van der Waals surface area contributed by atoms with Crippen LogP contribution in [-0.4, -0.2) is 67.2 Å². The number of halogens is 6. The number of amides is 5. The molecule has 2 aromatic rings. The van der Waals surface area contributed by atoms with E-state index in [1.165, 1.54) is 29.2 Å². The predicted octanol–water partition coefficient (Wildman–Crippen LogP) is 5.30. The maximum atomic E-state index is 14.1. The Bertz CT molecular complexity index is 1330. The molecule has 214 valence electrons. The fraction of sp³-hybridized carbons (Fsp3) is 0.320. The molecular formula is C25H22F6N4O4S. The van der Waals surface area contributed by atoms with Crippen molar-refractivity contribution in [3.63, 3.8) is 0 Å². The van der Waals surface area contributed by atoms with E-state index in [1.54, 1.807) is 0 Å². The van der Waals surface area contributed by atoms with Crippen LogP contribution in [0.3, 0.4) is 0 Å². The van der Waals surface area contributed by atoms with Gasteiger partial charge in [0.1, 0.15) is 0 Å². The summed E-state index contributed by atoms with van der Waals surface area (Å²) in [4.78, 5) is 37.9.